The van der Waals surface area contributed by atoms with E-state index < -0.39 is 5.97 Å². The number of nitrogens with zero attached hydrogens (tertiary/aromatic N) is 2. The van der Waals surface area contributed by atoms with E-state index in [4.69, 9.17) is 5.11 Å². The average Bonchev–Trinajstić information content (AvgIpc) is 2.70. The van der Waals surface area contributed by atoms with Crippen molar-refractivity contribution in [3.63, 3.8) is 0 Å². The largest absolute Gasteiger partial charge is 0.477 e. The molecular formula is C11H17N3O2. The van der Waals surface area contributed by atoms with Gasteiger partial charge in [0.15, 0.2) is 0 Å². The van der Waals surface area contributed by atoms with Crippen LogP contribution in [0.5, 0.6) is 0 Å². The van der Waals surface area contributed by atoms with Gasteiger partial charge in [0.05, 0.1) is 0 Å². The van der Waals surface area contributed by atoms with E-state index >= 15 is 0 Å². The molecule has 1 aromatic rings. The zero-order valence-corrected chi connectivity index (χ0v) is 9.44. The summed E-state index contributed by atoms with van der Waals surface area (Å²) in [6.45, 7) is 5.04. The Morgan fingerprint density at radius 2 is 2.06 bits per heavy atom. The van der Waals surface area contributed by atoms with Crippen molar-refractivity contribution < 1.29 is 9.90 Å². The van der Waals surface area contributed by atoms with Crippen LogP contribution in [0, 0.1) is 0 Å². The fraction of sp³-hybridized carbons (Fsp3) is 0.545. The molecular weight excluding hydrogens is 206 g/mol. The first-order valence-corrected chi connectivity index (χ1v) is 5.47. The first-order valence-electron chi connectivity index (χ1n) is 5.47. The number of hydrogen-bond donors (Lipinski definition) is 2. The first-order chi connectivity index (χ1) is 7.65. The zero-order valence-electron chi connectivity index (χ0n) is 9.44. The van der Waals surface area contributed by atoms with Crippen molar-refractivity contribution in [1.29, 1.82) is 0 Å². The van der Waals surface area contributed by atoms with Crippen LogP contribution in [-0.2, 0) is 6.54 Å². The van der Waals surface area contributed by atoms with Crippen molar-refractivity contribution in [2.24, 2.45) is 0 Å². The molecule has 5 nitrogen and oxygen atoms in total. The molecule has 1 fully saturated rings. The third kappa shape index (κ3) is 2.62. The van der Waals surface area contributed by atoms with Crippen molar-refractivity contribution in [3.05, 3.63) is 23.5 Å². The molecule has 0 saturated carbocycles. The summed E-state index contributed by atoms with van der Waals surface area (Å²) in [7, 11) is 2.12. The lowest BCUT2D eigenvalue weighted by Gasteiger charge is -2.31. The highest BCUT2D eigenvalue weighted by molar-refractivity contribution is 5.85. The summed E-state index contributed by atoms with van der Waals surface area (Å²) < 4.78 is 0. The SMILES string of the molecule is CN1CCN(Cc2ccc(C(=O)O)[nH]2)CC1. The standard InChI is InChI=1S/C11H17N3O2/c1-13-4-6-14(7-5-13)8-9-2-3-10(12-9)11(15)16/h2-3,12H,4-8H2,1H3,(H,15,16). The molecule has 88 valence electrons. The first kappa shape index (κ1) is 11.2. The predicted molar refractivity (Wildman–Crippen MR) is 60.5 cm³/mol. The van der Waals surface area contributed by atoms with Crippen LogP contribution < -0.4 is 0 Å². The Morgan fingerprint density at radius 3 is 2.62 bits per heavy atom. The highest BCUT2D eigenvalue weighted by Crippen LogP contribution is 2.08. The molecule has 0 aliphatic carbocycles. The van der Waals surface area contributed by atoms with E-state index in [1.165, 1.54) is 0 Å². The number of carboxylic acids is 1. The number of aromatic carboxylic acids is 1. The van der Waals surface area contributed by atoms with Gasteiger partial charge in [0.25, 0.3) is 0 Å². The highest BCUT2D eigenvalue weighted by atomic mass is 16.4. The van der Waals surface area contributed by atoms with Crippen LogP contribution in [0.25, 0.3) is 0 Å². The van der Waals surface area contributed by atoms with Gasteiger partial charge in [0.1, 0.15) is 5.69 Å². The Hall–Kier alpha value is -1.33. The number of carboxylic acid groups (broad SMARTS) is 1. The van der Waals surface area contributed by atoms with Crippen molar-refractivity contribution >= 4 is 5.97 Å². The number of carbonyl (C=O) groups is 1. The number of nitrogens with one attached hydrogen (secondary N) is 1. The van der Waals surface area contributed by atoms with E-state index in [2.05, 4.69) is 21.8 Å². The van der Waals surface area contributed by atoms with E-state index in [1.54, 1.807) is 6.07 Å². The molecule has 2 N–H and O–H groups in total. The monoisotopic (exact) mass is 223 g/mol. The molecule has 1 aliphatic rings. The van der Waals surface area contributed by atoms with Crippen LogP contribution >= 0.6 is 0 Å². The van der Waals surface area contributed by atoms with Crippen molar-refractivity contribution in [2.45, 2.75) is 6.54 Å². The Bertz CT molecular complexity index is 367. The minimum absolute atomic E-state index is 0.268. The zero-order chi connectivity index (χ0) is 11.5. The summed E-state index contributed by atoms with van der Waals surface area (Å²) in [5.74, 6) is -0.898. The Labute approximate surface area is 94.7 Å². The average molecular weight is 223 g/mol. The van der Waals surface area contributed by atoms with Crippen LogP contribution in [0.15, 0.2) is 12.1 Å². The highest BCUT2D eigenvalue weighted by Gasteiger charge is 2.15. The maximum absolute atomic E-state index is 10.7. The van der Waals surface area contributed by atoms with Crippen molar-refractivity contribution in [2.75, 3.05) is 33.2 Å². The van der Waals surface area contributed by atoms with Gasteiger partial charge in [-0.1, -0.05) is 0 Å². The fourth-order valence-corrected chi connectivity index (χ4v) is 1.90. The number of aromatic amines is 1. The number of aromatic nitrogens is 1. The van der Waals surface area contributed by atoms with Crippen LogP contribution in [0.3, 0.4) is 0 Å². The van der Waals surface area contributed by atoms with Gasteiger partial charge in [-0.3, -0.25) is 4.90 Å². The van der Waals surface area contributed by atoms with E-state index in [0.29, 0.717) is 0 Å². The van der Waals surface area contributed by atoms with Gasteiger partial charge >= 0.3 is 5.97 Å². The van der Waals surface area contributed by atoms with Gasteiger partial charge < -0.3 is 15.0 Å². The summed E-state index contributed by atoms with van der Waals surface area (Å²) in [6, 6.07) is 3.47. The molecule has 2 heterocycles. The summed E-state index contributed by atoms with van der Waals surface area (Å²) >= 11 is 0. The topological polar surface area (TPSA) is 59.6 Å². The normalized spacial score (nSPS) is 18.8. The Morgan fingerprint density at radius 1 is 1.38 bits per heavy atom. The van der Waals surface area contributed by atoms with Gasteiger partial charge in [-0.05, 0) is 19.2 Å². The van der Waals surface area contributed by atoms with E-state index in [-0.39, 0.29) is 5.69 Å². The smallest absolute Gasteiger partial charge is 0.352 e. The number of piperazine rings is 1. The Kier molecular flexibility index (Phi) is 3.26. The Balaban J connectivity index is 1.91. The number of rotatable bonds is 3. The third-order valence-electron chi connectivity index (χ3n) is 2.97. The lowest BCUT2D eigenvalue weighted by atomic mass is 10.3. The van der Waals surface area contributed by atoms with E-state index in [9.17, 15) is 4.79 Å². The lowest BCUT2D eigenvalue weighted by Crippen LogP contribution is -2.43. The lowest BCUT2D eigenvalue weighted by molar-refractivity contribution is 0.0690. The number of hydrogen-bond acceptors (Lipinski definition) is 3. The second kappa shape index (κ2) is 4.67. The maximum atomic E-state index is 10.7. The van der Waals surface area contributed by atoms with Crippen LogP contribution in [0.4, 0.5) is 0 Å². The number of H-pyrrole nitrogens is 1. The maximum Gasteiger partial charge on any atom is 0.352 e. The summed E-state index contributed by atoms with van der Waals surface area (Å²) in [4.78, 5) is 18.2. The molecule has 0 amide bonds. The van der Waals surface area contributed by atoms with Crippen LogP contribution in [0.2, 0.25) is 0 Å². The molecule has 1 saturated heterocycles. The molecule has 0 spiro atoms. The van der Waals surface area contributed by atoms with Crippen molar-refractivity contribution in [1.82, 2.24) is 14.8 Å². The van der Waals surface area contributed by atoms with Gasteiger partial charge in [0, 0.05) is 38.4 Å². The number of likely N-dealkylation sites (N-methyl/N-ethyl adjacent to an activating group) is 1. The van der Waals surface area contributed by atoms with Crippen LogP contribution in [-0.4, -0.2) is 59.1 Å². The molecule has 16 heavy (non-hydrogen) atoms. The predicted octanol–water partition coefficient (Wildman–Crippen LogP) is 0.460. The molecule has 2 rings (SSSR count). The second-order valence-corrected chi connectivity index (χ2v) is 4.28. The molecule has 0 aromatic carbocycles. The van der Waals surface area contributed by atoms with Crippen molar-refractivity contribution in [3.8, 4) is 0 Å². The summed E-state index contributed by atoms with van der Waals surface area (Å²) in [6.07, 6.45) is 0. The quantitative estimate of drug-likeness (QED) is 0.781. The van der Waals surface area contributed by atoms with Gasteiger partial charge in [-0.25, -0.2) is 4.79 Å². The van der Waals surface area contributed by atoms with Gasteiger partial charge in [-0.2, -0.15) is 0 Å². The second-order valence-electron chi connectivity index (χ2n) is 4.28. The molecule has 0 radical (unpaired) electrons. The summed E-state index contributed by atoms with van der Waals surface area (Å²) in [5, 5.41) is 8.79. The van der Waals surface area contributed by atoms with E-state index in [1.807, 2.05) is 6.07 Å². The van der Waals surface area contributed by atoms with Gasteiger partial charge in [-0.15, -0.1) is 0 Å². The molecule has 0 atom stereocenters. The molecule has 0 bridgehead atoms. The van der Waals surface area contributed by atoms with E-state index in [0.717, 1.165) is 38.4 Å². The third-order valence-corrected chi connectivity index (χ3v) is 2.97. The molecule has 1 aliphatic heterocycles. The fourth-order valence-electron chi connectivity index (χ4n) is 1.90. The molecule has 5 heteroatoms. The van der Waals surface area contributed by atoms with Gasteiger partial charge in [0.2, 0.25) is 0 Å². The minimum Gasteiger partial charge on any atom is -0.477 e. The molecule has 0 unspecified atom stereocenters. The van der Waals surface area contributed by atoms with Crippen LogP contribution in [0.1, 0.15) is 16.2 Å². The summed E-state index contributed by atoms with van der Waals surface area (Å²) in [5.41, 5.74) is 1.24. The molecule has 1 aromatic heterocycles. The minimum atomic E-state index is -0.898.